The quantitative estimate of drug-likeness (QED) is 0.878. The molecule has 0 amide bonds. The molecule has 1 heterocycles. The van der Waals surface area contributed by atoms with Crippen molar-refractivity contribution in [2.24, 2.45) is 0 Å². The average molecular weight is 256 g/mol. The van der Waals surface area contributed by atoms with Gasteiger partial charge in [0, 0.05) is 25.3 Å². The van der Waals surface area contributed by atoms with Gasteiger partial charge in [-0.25, -0.2) is 4.39 Å². The van der Waals surface area contributed by atoms with Gasteiger partial charge in [-0.2, -0.15) is 0 Å². The van der Waals surface area contributed by atoms with E-state index < -0.39 is 0 Å². The van der Waals surface area contributed by atoms with Gasteiger partial charge in [-0.05, 0) is 35.2 Å². The lowest BCUT2D eigenvalue weighted by atomic mass is 10.1. The van der Waals surface area contributed by atoms with Crippen molar-refractivity contribution in [1.82, 2.24) is 5.32 Å². The molecule has 2 aromatic carbocycles. The van der Waals surface area contributed by atoms with Crippen LogP contribution in [0.3, 0.4) is 0 Å². The largest absolute Gasteiger partial charge is 0.384 e. The van der Waals surface area contributed by atoms with Gasteiger partial charge in [0.1, 0.15) is 5.82 Å². The zero-order chi connectivity index (χ0) is 13.1. The van der Waals surface area contributed by atoms with Crippen LogP contribution in [0.5, 0.6) is 0 Å². The van der Waals surface area contributed by atoms with Gasteiger partial charge in [0.25, 0.3) is 0 Å². The third-order valence-corrected chi connectivity index (χ3v) is 3.47. The van der Waals surface area contributed by atoms with Crippen LogP contribution >= 0.6 is 0 Å². The normalized spacial score (nSPS) is 13.1. The van der Waals surface area contributed by atoms with Gasteiger partial charge in [0.2, 0.25) is 0 Å². The van der Waals surface area contributed by atoms with Gasteiger partial charge in [0.05, 0.1) is 0 Å². The molecule has 0 bridgehead atoms. The van der Waals surface area contributed by atoms with Crippen LogP contribution in [0.15, 0.2) is 42.5 Å². The molecule has 1 aliphatic heterocycles. The van der Waals surface area contributed by atoms with Crippen LogP contribution in [-0.2, 0) is 19.5 Å². The number of benzene rings is 2. The first-order chi connectivity index (χ1) is 9.33. The SMILES string of the molecule is Fc1cccc(CNCc2cccc3c2NCC3)c1. The Hall–Kier alpha value is -1.87. The zero-order valence-corrected chi connectivity index (χ0v) is 10.7. The summed E-state index contributed by atoms with van der Waals surface area (Å²) in [6.45, 7) is 2.50. The van der Waals surface area contributed by atoms with Crippen molar-refractivity contribution in [2.45, 2.75) is 19.5 Å². The summed E-state index contributed by atoms with van der Waals surface area (Å²) in [5.41, 5.74) is 4.92. The van der Waals surface area contributed by atoms with Crippen molar-refractivity contribution < 1.29 is 4.39 Å². The summed E-state index contributed by atoms with van der Waals surface area (Å²) >= 11 is 0. The summed E-state index contributed by atoms with van der Waals surface area (Å²) < 4.78 is 13.1. The highest BCUT2D eigenvalue weighted by molar-refractivity contribution is 5.61. The Balaban J connectivity index is 1.63. The minimum absolute atomic E-state index is 0.179. The molecule has 0 unspecified atom stereocenters. The van der Waals surface area contributed by atoms with Gasteiger partial charge in [0.15, 0.2) is 0 Å². The van der Waals surface area contributed by atoms with E-state index in [0.717, 1.165) is 25.1 Å². The van der Waals surface area contributed by atoms with Crippen molar-refractivity contribution in [3.8, 4) is 0 Å². The lowest BCUT2D eigenvalue weighted by molar-refractivity contribution is 0.620. The van der Waals surface area contributed by atoms with E-state index in [0.29, 0.717) is 6.54 Å². The Kier molecular flexibility index (Phi) is 3.47. The van der Waals surface area contributed by atoms with Gasteiger partial charge in [-0.1, -0.05) is 30.3 Å². The van der Waals surface area contributed by atoms with E-state index in [4.69, 9.17) is 0 Å². The van der Waals surface area contributed by atoms with E-state index in [-0.39, 0.29) is 5.82 Å². The highest BCUT2D eigenvalue weighted by Gasteiger charge is 2.12. The Morgan fingerprint density at radius 3 is 2.89 bits per heavy atom. The lowest BCUT2D eigenvalue weighted by Crippen LogP contribution is -2.13. The van der Waals surface area contributed by atoms with E-state index in [1.807, 2.05) is 6.07 Å². The predicted octanol–water partition coefficient (Wildman–Crippen LogP) is 3.08. The molecule has 2 aromatic rings. The zero-order valence-electron chi connectivity index (χ0n) is 10.7. The van der Waals surface area contributed by atoms with Gasteiger partial charge >= 0.3 is 0 Å². The molecule has 0 saturated heterocycles. The first-order valence-corrected chi connectivity index (χ1v) is 6.63. The van der Waals surface area contributed by atoms with E-state index in [1.54, 1.807) is 12.1 Å². The van der Waals surface area contributed by atoms with Crippen molar-refractivity contribution in [2.75, 3.05) is 11.9 Å². The fourth-order valence-corrected chi connectivity index (χ4v) is 2.55. The Morgan fingerprint density at radius 2 is 2.00 bits per heavy atom. The second kappa shape index (κ2) is 5.41. The van der Waals surface area contributed by atoms with Gasteiger partial charge in [-0.15, -0.1) is 0 Å². The van der Waals surface area contributed by atoms with Crippen molar-refractivity contribution in [1.29, 1.82) is 0 Å². The molecule has 19 heavy (non-hydrogen) atoms. The number of nitrogens with one attached hydrogen (secondary N) is 2. The number of rotatable bonds is 4. The molecule has 0 atom stereocenters. The van der Waals surface area contributed by atoms with Gasteiger partial charge < -0.3 is 10.6 Å². The van der Waals surface area contributed by atoms with E-state index in [2.05, 4.69) is 28.8 Å². The molecule has 0 aromatic heterocycles. The van der Waals surface area contributed by atoms with Crippen molar-refractivity contribution in [3.05, 3.63) is 65.0 Å². The Bertz CT molecular complexity index is 581. The molecule has 0 saturated carbocycles. The maximum atomic E-state index is 13.1. The number of fused-ring (bicyclic) bond motifs is 1. The molecule has 3 heteroatoms. The van der Waals surface area contributed by atoms with Crippen LogP contribution in [0.4, 0.5) is 10.1 Å². The number of hydrogen-bond donors (Lipinski definition) is 2. The summed E-state index contributed by atoms with van der Waals surface area (Å²) in [6.07, 6.45) is 1.10. The summed E-state index contributed by atoms with van der Waals surface area (Å²) in [5, 5.41) is 6.79. The number of para-hydroxylation sites is 1. The van der Waals surface area contributed by atoms with Gasteiger partial charge in [-0.3, -0.25) is 0 Å². The van der Waals surface area contributed by atoms with Crippen LogP contribution in [0.25, 0.3) is 0 Å². The molecule has 1 aliphatic rings. The molecule has 0 fully saturated rings. The molecule has 0 spiro atoms. The molecular formula is C16H17FN2. The summed E-state index contributed by atoms with van der Waals surface area (Å²) in [4.78, 5) is 0. The molecule has 2 N–H and O–H groups in total. The van der Waals surface area contributed by atoms with Crippen molar-refractivity contribution >= 4 is 5.69 Å². The Morgan fingerprint density at radius 1 is 1.11 bits per heavy atom. The number of hydrogen-bond acceptors (Lipinski definition) is 2. The topological polar surface area (TPSA) is 24.1 Å². The van der Waals surface area contributed by atoms with E-state index >= 15 is 0 Å². The van der Waals surface area contributed by atoms with Crippen LogP contribution < -0.4 is 10.6 Å². The van der Waals surface area contributed by atoms with Crippen LogP contribution in [-0.4, -0.2) is 6.54 Å². The molecule has 3 rings (SSSR count). The molecule has 0 radical (unpaired) electrons. The first-order valence-electron chi connectivity index (χ1n) is 6.63. The van der Waals surface area contributed by atoms with E-state index in [9.17, 15) is 4.39 Å². The smallest absolute Gasteiger partial charge is 0.123 e. The highest BCUT2D eigenvalue weighted by atomic mass is 19.1. The summed E-state index contributed by atoms with van der Waals surface area (Å²) in [6, 6.07) is 13.1. The fourth-order valence-electron chi connectivity index (χ4n) is 2.55. The third-order valence-electron chi connectivity index (χ3n) is 3.47. The van der Waals surface area contributed by atoms with Crippen molar-refractivity contribution in [3.63, 3.8) is 0 Å². The predicted molar refractivity (Wildman–Crippen MR) is 75.6 cm³/mol. The maximum Gasteiger partial charge on any atom is 0.123 e. The van der Waals surface area contributed by atoms with Crippen LogP contribution in [0.2, 0.25) is 0 Å². The number of anilines is 1. The molecule has 2 nitrogen and oxygen atoms in total. The maximum absolute atomic E-state index is 13.1. The summed E-state index contributed by atoms with van der Waals surface area (Å²) in [5.74, 6) is -0.179. The fraction of sp³-hybridized carbons (Fsp3) is 0.250. The average Bonchev–Trinajstić information content (AvgIpc) is 2.88. The second-order valence-electron chi connectivity index (χ2n) is 4.86. The monoisotopic (exact) mass is 256 g/mol. The minimum Gasteiger partial charge on any atom is -0.384 e. The molecular weight excluding hydrogens is 239 g/mol. The highest BCUT2D eigenvalue weighted by Crippen LogP contribution is 2.26. The summed E-state index contributed by atoms with van der Waals surface area (Å²) in [7, 11) is 0. The van der Waals surface area contributed by atoms with E-state index in [1.165, 1.54) is 22.9 Å². The standard InChI is InChI=1S/C16H17FN2/c17-15-6-1-3-12(9-15)10-18-11-14-5-2-4-13-7-8-19-16(13)14/h1-6,9,18-19H,7-8,10-11H2. The minimum atomic E-state index is -0.179. The lowest BCUT2D eigenvalue weighted by Gasteiger charge is -2.10. The van der Waals surface area contributed by atoms with Crippen LogP contribution in [0.1, 0.15) is 16.7 Å². The molecule has 98 valence electrons. The molecule has 0 aliphatic carbocycles. The Labute approximate surface area is 112 Å². The second-order valence-corrected chi connectivity index (χ2v) is 4.86. The first kappa shape index (κ1) is 12.2. The third kappa shape index (κ3) is 2.76. The number of halogens is 1. The van der Waals surface area contributed by atoms with Crippen LogP contribution in [0, 0.1) is 5.82 Å².